The van der Waals surface area contributed by atoms with Crippen LogP contribution < -0.4 is 9.47 Å². The Morgan fingerprint density at radius 2 is 1.72 bits per heavy atom. The largest absolute Gasteiger partial charge is 0.493 e. The molecule has 32 heavy (non-hydrogen) atoms. The average Bonchev–Trinajstić information content (AvgIpc) is 3.19. The highest BCUT2D eigenvalue weighted by molar-refractivity contribution is 5.86. The molecule has 1 aromatic heterocycles. The van der Waals surface area contributed by atoms with E-state index < -0.39 is 35.6 Å². The van der Waals surface area contributed by atoms with Gasteiger partial charge in [0.05, 0.1) is 24.5 Å². The zero-order valence-corrected chi connectivity index (χ0v) is 16.7. The van der Waals surface area contributed by atoms with Crippen LogP contribution in [0.15, 0.2) is 41.4 Å². The Bertz CT molecular complexity index is 1120. The molecule has 0 spiro atoms. The van der Waals surface area contributed by atoms with Gasteiger partial charge in [0.1, 0.15) is 18.0 Å². The van der Waals surface area contributed by atoms with Gasteiger partial charge in [0.25, 0.3) is 0 Å². The number of aliphatic imine (C=N–C) groups is 1. The van der Waals surface area contributed by atoms with Crippen molar-refractivity contribution in [3.8, 4) is 22.8 Å². The fourth-order valence-electron chi connectivity index (χ4n) is 2.92. The Morgan fingerprint density at radius 1 is 0.969 bits per heavy atom. The van der Waals surface area contributed by atoms with Gasteiger partial charge in [-0.1, -0.05) is 0 Å². The van der Waals surface area contributed by atoms with Gasteiger partial charge in [0, 0.05) is 18.2 Å². The molecule has 0 atom stereocenters. The summed E-state index contributed by atoms with van der Waals surface area (Å²) in [7, 11) is 2.85. The minimum atomic E-state index is -4.86. The summed E-state index contributed by atoms with van der Waals surface area (Å²) in [6.45, 7) is -0.777. The summed E-state index contributed by atoms with van der Waals surface area (Å²) in [6.07, 6.45) is -8.22. The molecule has 0 bridgehead atoms. The summed E-state index contributed by atoms with van der Waals surface area (Å²) < 4.78 is 89.7. The Kier molecular flexibility index (Phi) is 6.42. The van der Waals surface area contributed by atoms with E-state index in [0.717, 1.165) is 0 Å². The maximum atomic E-state index is 13.3. The number of rotatable bonds is 6. The van der Waals surface area contributed by atoms with Crippen LogP contribution in [0.1, 0.15) is 22.4 Å². The third-order valence-corrected chi connectivity index (χ3v) is 4.38. The first kappa shape index (κ1) is 23.1. The van der Waals surface area contributed by atoms with Gasteiger partial charge < -0.3 is 9.47 Å². The van der Waals surface area contributed by atoms with Gasteiger partial charge >= 0.3 is 12.4 Å². The molecule has 0 aliphatic rings. The zero-order valence-electron chi connectivity index (χ0n) is 16.7. The van der Waals surface area contributed by atoms with E-state index in [1.54, 1.807) is 6.07 Å². The minimum Gasteiger partial charge on any atom is -0.493 e. The Morgan fingerprint density at radius 3 is 2.34 bits per heavy atom. The van der Waals surface area contributed by atoms with Gasteiger partial charge in [-0.3, -0.25) is 4.99 Å². The van der Waals surface area contributed by atoms with E-state index in [1.165, 1.54) is 32.5 Å². The molecule has 3 rings (SSSR count). The molecule has 170 valence electrons. The first-order valence-electron chi connectivity index (χ1n) is 8.96. The van der Waals surface area contributed by atoms with Crippen molar-refractivity contribution in [2.24, 2.45) is 4.99 Å². The molecule has 0 saturated heterocycles. The second-order valence-electron chi connectivity index (χ2n) is 6.47. The number of halogens is 6. The first-order valence-corrected chi connectivity index (χ1v) is 8.96. The van der Waals surface area contributed by atoms with Crippen LogP contribution in [0.3, 0.4) is 0 Å². The highest BCUT2D eigenvalue weighted by Crippen LogP contribution is 2.38. The molecule has 3 aromatic rings. The van der Waals surface area contributed by atoms with E-state index in [0.29, 0.717) is 35.2 Å². The monoisotopic (exact) mass is 458 g/mol. The van der Waals surface area contributed by atoms with Crippen molar-refractivity contribution in [2.45, 2.75) is 19.0 Å². The second kappa shape index (κ2) is 8.89. The van der Waals surface area contributed by atoms with Crippen LogP contribution >= 0.6 is 0 Å². The van der Waals surface area contributed by atoms with Crippen molar-refractivity contribution in [3.63, 3.8) is 0 Å². The maximum Gasteiger partial charge on any atom is 0.416 e. The summed E-state index contributed by atoms with van der Waals surface area (Å²) in [4.78, 5) is 3.86. The minimum absolute atomic E-state index is 0.0120. The van der Waals surface area contributed by atoms with E-state index >= 15 is 0 Å². The topological polar surface area (TPSA) is 72.4 Å². The molecule has 0 fully saturated rings. The smallest absolute Gasteiger partial charge is 0.416 e. The fraction of sp³-hybridized carbons (Fsp3) is 0.250. The van der Waals surface area contributed by atoms with Crippen molar-refractivity contribution < 1.29 is 35.8 Å². The number of benzene rings is 2. The van der Waals surface area contributed by atoms with Gasteiger partial charge in [0.2, 0.25) is 0 Å². The molecule has 0 saturated carbocycles. The molecule has 6 nitrogen and oxygen atoms in total. The van der Waals surface area contributed by atoms with E-state index in [-0.39, 0.29) is 11.5 Å². The number of alkyl halides is 6. The number of hydrogen-bond acceptors (Lipinski definition) is 5. The van der Waals surface area contributed by atoms with Gasteiger partial charge in [-0.05, 0) is 36.4 Å². The molecule has 12 heteroatoms. The molecule has 0 aliphatic carbocycles. The molecule has 0 aliphatic heterocycles. The lowest BCUT2D eigenvalue weighted by Crippen LogP contribution is -2.14. The number of aromatic amines is 1. The Balaban J connectivity index is 1.98. The average molecular weight is 458 g/mol. The number of nitrogens with zero attached hydrogens (tertiary/aromatic N) is 3. The molecule has 1 N–H and O–H groups in total. The van der Waals surface area contributed by atoms with Crippen LogP contribution in [-0.2, 0) is 19.0 Å². The molecular weight excluding hydrogens is 442 g/mol. The highest BCUT2D eigenvalue weighted by Gasteiger charge is 2.37. The highest BCUT2D eigenvalue weighted by atomic mass is 19.4. The number of aromatic nitrogens is 3. The number of H-pyrrole nitrogens is 1. The fourth-order valence-corrected chi connectivity index (χ4v) is 2.92. The SMILES string of the molecule is CN=Cc1n[nH]nc1-c1ccc(OC)c(OCc2cc(C(F)(F)F)ccc2C(F)(F)F)c1. The Labute approximate surface area is 177 Å². The van der Waals surface area contributed by atoms with Crippen molar-refractivity contribution in [3.05, 3.63) is 58.8 Å². The summed E-state index contributed by atoms with van der Waals surface area (Å²) in [5.41, 5.74) is -1.84. The summed E-state index contributed by atoms with van der Waals surface area (Å²) >= 11 is 0. The lowest BCUT2D eigenvalue weighted by molar-refractivity contribution is -0.142. The summed E-state index contributed by atoms with van der Waals surface area (Å²) in [5, 5.41) is 10.4. The quantitative estimate of drug-likeness (QED) is 0.410. The van der Waals surface area contributed by atoms with Crippen molar-refractivity contribution >= 4 is 6.21 Å². The van der Waals surface area contributed by atoms with Crippen molar-refractivity contribution in [1.29, 1.82) is 0 Å². The first-order chi connectivity index (χ1) is 15.0. The van der Waals surface area contributed by atoms with Gasteiger partial charge in [-0.15, -0.1) is 0 Å². The van der Waals surface area contributed by atoms with E-state index in [1.807, 2.05) is 0 Å². The van der Waals surface area contributed by atoms with Crippen molar-refractivity contribution in [1.82, 2.24) is 15.4 Å². The molecule has 0 unspecified atom stereocenters. The zero-order chi connectivity index (χ0) is 23.5. The molecule has 1 heterocycles. The normalized spacial score (nSPS) is 12.4. The van der Waals surface area contributed by atoms with E-state index in [4.69, 9.17) is 9.47 Å². The van der Waals surface area contributed by atoms with Crippen LogP contribution in [0.5, 0.6) is 11.5 Å². The van der Waals surface area contributed by atoms with Gasteiger partial charge in [-0.2, -0.15) is 41.8 Å². The van der Waals surface area contributed by atoms with E-state index in [2.05, 4.69) is 20.4 Å². The van der Waals surface area contributed by atoms with Crippen LogP contribution in [0.25, 0.3) is 11.3 Å². The molecule has 0 amide bonds. The number of hydrogen-bond donors (Lipinski definition) is 1. The molecule has 0 radical (unpaired) electrons. The van der Waals surface area contributed by atoms with Crippen LogP contribution in [0.2, 0.25) is 0 Å². The lowest BCUT2D eigenvalue weighted by Gasteiger charge is -2.17. The lowest BCUT2D eigenvalue weighted by atomic mass is 10.0. The van der Waals surface area contributed by atoms with E-state index in [9.17, 15) is 26.3 Å². The number of methoxy groups -OCH3 is 1. The standard InChI is InChI=1S/C20H16F6N4O2/c1-27-9-15-18(29-30-28-15)11-3-6-16(31-2)17(8-11)32-10-12-7-13(19(21,22)23)4-5-14(12)20(24,25)26/h3-9H,10H2,1-2H3,(H,28,29,30). The summed E-state index contributed by atoms with van der Waals surface area (Å²) in [6, 6.07) is 5.73. The molecule has 2 aromatic carbocycles. The number of nitrogens with one attached hydrogen (secondary N) is 1. The number of ether oxygens (including phenoxy) is 2. The third-order valence-electron chi connectivity index (χ3n) is 4.38. The van der Waals surface area contributed by atoms with Crippen LogP contribution in [0, 0.1) is 0 Å². The second-order valence-corrected chi connectivity index (χ2v) is 6.47. The summed E-state index contributed by atoms with van der Waals surface area (Å²) in [5.74, 6) is 0.182. The predicted octanol–water partition coefficient (Wildman–Crippen LogP) is 5.15. The predicted molar refractivity (Wildman–Crippen MR) is 103 cm³/mol. The Hall–Kier alpha value is -3.57. The van der Waals surface area contributed by atoms with Gasteiger partial charge in [-0.25, -0.2) is 0 Å². The molecular formula is C20H16F6N4O2. The third kappa shape index (κ3) is 5.01. The maximum absolute atomic E-state index is 13.3. The van der Waals surface area contributed by atoms with Crippen LogP contribution in [-0.4, -0.2) is 35.8 Å². The van der Waals surface area contributed by atoms with Crippen molar-refractivity contribution in [2.75, 3.05) is 14.2 Å². The van der Waals surface area contributed by atoms with Gasteiger partial charge in [0.15, 0.2) is 11.5 Å². The van der Waals surface area contributed by atoms with Crippen LogP contribution in [0.4, 0.5) is 26.3 Å².